The van der Waals surface area contributed by atoms with E-state index < -0.39 is 5.76 Å². The van der Waals surface area contributed by atoms with Crippen LogP contribution in [0.1, 0.15) is 5.56 Å². The van der Waals surface area contributed by atoms with Crippen molar-refractivity contribution in [2.24, 2.45) is 7.05 Å². The number of para-hydroxylation sites is 1. The monoisotopic (exact) mass is 283 g/mol. The Morgan fingerprint density at radius 3 is 2.84 bits per heavy atom. The van der Waals surface area contributed by atoms with Gasteiger partial charge in [-0.1, -0.05) is 23.9 Å². The van der Waals surface area contributed by atoms with E-state index in [1.54, 1.807) is 16.8 Å². The number of nitrogens with zero attached hydrogens (tertiary/aromatic N) is 2. The summed E-state index contributed by atoms with van der Waals surface area (Å²) in [6, 6.07) is 7.11. The van der Waals surface area contributed by atoms with Crippen molar-refractivity contribution in [3.05, 3.63) is 42.2 Å². The molecular weight excluding hydrogens is 268 g/mol. The Bertz CT molecular complexity index is 528. The number of anilines is 1. The summed E-state index contributed by atoms with van der Waals surface area (Å²) in [6.07, 6.45) is 4.56. The maximum absolute atomic E-state index is 12.4. The summed E-state index contributed by atoms with van der Waals surface area (Å²) in [5.74, 6) is -2.40. The Hall–Kier alpha value is -1.56. The molecule has 6 heteroatoms. The maximum Gasteiger partial charge on any atom is 0.288 e. The van der Waals surface area contributed by atoms with Gasteiger partial charge in [0.05, 0.1) is 6.20 Å². The van der Waals surface area contributed by atoms with Gasteiger partial charge in [0.2, 0.25) is 0 Å². The van der Waals surface area contributed by atoms with Gasteiger partial charge in [-0.2, -0.15) is 13.9 Å². The predicted octanol–water partition coefficient (Wildman–Crippen LogP) is 3.39. The molecule has 0 atom stereocenters. The average molecular weight is 283 g/mol. The van der Waals surface area contributed by atoms with Crippen LogP contribution < -0.4 is 5.32 Å². The molecule has 0 radical (unpaired) electrons. The van der Waals surface area contributed by atoms with Crippen LogP contribution in [0.2, 0.25) is 0 Å². The Morgan fingerprint density at radius 2 is 2.16 bits per heavy atom. The molecule has 0 aliphatic carbocycles. The topological polar surface area (TPSA) is 29.9 Å². The number of hydrogen-bond acceptors (Lipinski definition) is 3. The first-order valence-corrected chi connectivity index (χ1v) is 6.78. The number of halogens is 2. The maximum atomic E-state index is 12.4. The molecule has 3 nitrogen and oxygen atoms in total. The number of hydrogen-bond donors (Lipinski definition) is 1. The van der Waals surface area contributed by atoms with Crippen molar-refractivity contribution >= 4 is 17.4 Å². The van der Waals surface area contributed by atoms with Crippen LogP contribution in [0, 0.1) is 0 Å². The smallest absolute Gasteiger partial charge is 0.288 e. The van der Waals surface area contributed by atoms with Crippen molar-refractivity contribution in [3.8, 4) is 0 Å². The van der Waals surface area contributed by atoms with Gasteiger partial charge in [-0.15, -0.1) is 0 Å². The summed E-state index contributed by atoms with van der Waals surface area (Å²) in [5.41, 5.74) is 1.87. The second kappa shape index (κ2) is 6.56. The Kier molecular flexibility index (Phi) is 4.79. The van der Waals surface area contributed by atoms with Crippen LogP contribution in [0.15, 0.2) is 41.6 Å². The molecule has 19 heavy (non-hydrogen) atoms. The SMILES string of the molecule is Cn1cc(CCNc2ccccc2SC(F)F)cn1. The van der Waals surface area contributed by atoms with Gasteiger partial charge in [-0.25, -0.2) is 0 Å². The number of rotatable bonds is 6. The molecule has 1 heterocycles. The zero-order valence-corrected chi connectivity index (χ0v) is 11.3. The highest BCUT2D eigenvalue weighted by atomic mass is 32.2. The molecule has 102 valence electrons. The highest BCUT2D eigenvalue weighted by Crippen LogP contribution is 2.31. The summed E-state index contributed by atoms with van der Waals surface area (Å²) in [4.78, 5) is 0.573. The van der Waals surface area contributed by atoms with Gasteiger partial charge >= 0.3 is 0 Å². The van der Waals surface area contributed by atoms with Gasteiger partial charge < -0.3 is 5.32 Å². The van der Waals surface area contributed by atoms with E-state index in [0.29, 0.717) is 23.2 Å². The average Bonchev–Trinajstić information content (AvgIpc) is 2.77. The molecule has 0 saturated carbocycles. The highest BCUT2D eigenvalue weighted by molar-refractivity contribution is 7.99. The van der Waals surface area contributed by atoms with Crippen LogP contribution in [0.5, 0.6) is 0 Å². The van der Waals surface area contributed by atoms with Gasteiger partial charge in [0.15, 0.2) is 0 Å². The molecule has 1 aromatic heterocycles. The number of alkyl halides is 2. The lowest BCUT2D eigenvalue weighted by Crippen LogP contribution is -2.05. The number of nitrogens with one attached hydrogen (secondary N) is 1. The van der Waals surface area contributed by atoms with Crippen molar-refractivity contribution in [1.29, 1.82) is 0 Å². The van der Waals surface area contributed by atoms with E-state index in [1.165, 1.54) is 0 Å². The summed E-state index contributed by atoms with van der Waals surface area (Å²) in [6.45, 7) is 0.687. The summed E-state index contributed by atoms with van der Waals surface area (Å²) >= 11 is 0.563. The second-order valence-corrected chi connectivity index (χ2v) is 5.11. The quantitative estimate of drug-likeness (QED) is 0.824. The molecule has 0 saturated heterocycles. The number of thioether (sulfide) groups is 1. The normalized spacial score (nSPS) is 10.9. The number of aromatic nitrogens is 2. The first-order chi connectivity index (χ1) is 9.15. The van der Waals surface area contributed by atoms with E-state index in [1.807, 2.05) is 31.6 Å². The van der Waals surface area contributed by atoms with Crippen LogP contribution in [0.3, 0.4) is 0 Å². The number of aryl methyl sites for hydroxylation is 1. The standard InChI is InChI=1S/C13H15F2N3S/c1-18-9-10(8-17-18)6-7-16-11-4-2-3-5-12(11)19-13(14)15/h2-5,8-9,13,16H,6-7H2,1H3. The Balaban J connectivity index is 1.92. The van der Waals surface area contributed by atoms with Gasteiger partial charge in [-0.3, -0.25) is 4.68 Å². The zero-order valence-electron chi connectivity index (χ0n) is 10.5. The zero-order chi connectivity index (χ0) is 13.7. The molecular formula is C13H15F2N3S. The van der Waals surface area contributed by atoms with Crippen molar-refractivity contribution in [3.63, 3.8) is 0 Å². The van der Waals surface area contributed by atoms with E-state index in [-0.39, 0.29) is 0 Å². The molecule has 0 aliphatic rings. The summed E-state index contributed by atoms with van der Waals surface area (Å²) < 4.78 is 26.6. The lowest BCUT2D eigenvalue weighted by Gasteiger charge is -2.10. The Morgan fingerprint density at radius 1 is 1.37 bits per heavy atom. The molecule has 2 rings (SSSR count). The largest absolute Gasteiger partial charge is 0.384 e. The molecule has 1 N–H and O–H groups in total. The van der Waals surface area contributed by atoms with Gasteiger partial charge in [0.25, 0.3) is 5.76 Å². The predicted molar refractivity (Wildman–Crippen MR) is 73.7 cm³/mol. The van der Waals surface area contributed by atoms with E-state index in [0.717, 1.165) is 17.7 Å². The molecule has 1 aromatic carbocycles. The van der Waals surface area contributed by atoms with Gasteiger partial charge in [0.1, 0.15) is 0 Å². The first kappa shape index (κ1) is 13.9. The van der Waals surface area contributed by atoms with Crippen LogP contribution in [0.25, 0.3) is 0 Å². The van der Waals surface area contributed by atoms with E-state index in [4.69, 9.17) is 0 Å². The van der Waals surface area contributed by atoms with Gasteiger partial charge in [0, 0.05) is 30.4 Å². The third-order valence-corrected chi connectivity index (χ3v) is 3.38. The lowest BCUT2D eigenvalue weighted by atomic mass is 10.2. The Labute approximate surface area is 115 Å². The minimum absolute atomic E-state index is 0.563. The van der Waals surface area contributed by atoms with Crippen LogP contribution in [0.4, 0.5) is 14.5 Å². The summed E-state index contributed by atoms with van der Waals surface area (Å²) in [5, 5.41) is 7.27. The van der Waals surface area contributed by atoms with Crippen LogP contribution in [-0.2, 0) is 13.5 Å². The molecule has 0 aliphatic heterocycles. The molecule has 0 unspecified atom stereocenters. The molecule has 0 bridgehead atoms. The van der Waals surface area contributed by atoms with Crippen molar-refractivity contribution < 1.29 is 8.78 Å². The van der Waals surface area contributed by atoms with E-state index in [9.17, 15) is 8.78 Å². The number of benzene rings is 1. The minimum Gasteiger partial charge on any atom is -0.384 e. The molecule has 2 aromatic rings. The van der Waals surface area contributed by atoms with Crippen LogP contribution >= 0.6 is 11.8 Å². The van der Waals surface area contributed by atoms with E-state index >= 15 is 0 Å². The fourth-order valence-corrected chi connectivity index (χ4v) is 2.37. The van der Waals surface area contributed by atoms with E-state index in [2.05, 4.69) is 10.4 Å². The third-order valence-electron chi connectivity index (χ3n) is 2.59. The summed E-state index contributed by atoms with van der Waals surface area (Å²) in [7, 11) is 1.87. The van der Waals surface area contributed by atoms with Crippen LogP contribution in [-0.4, -0.2) is 22.1 Å². The first-order valence-electron chi connectivity index (χ1n) is 5.90. The minimum atomic E-state index is -2.40. The fourth-order valence-electron chi connectivity index (χ4n) is 1.75. The third kappa shape index (κ3) is 4.24. The fraction of sp³-hybridized carbons (Fsp3) is 0.308. The second-order valence-electron chi connectivity index (χ2n) is 4.07. The van der Waals surface area contributed by atoms with Crippen molar-refractivity contribution in [2.75, 3.05) is 11.9 Å². The highest BCUT2D eigenvalue weighted by Gasteiger charge is 2.09. The van der Waals surface area contributed by atoms with Gasteiger partial charge in [-0.05, 0) is 24.1 Å². The van der Waals surface area contributed by atoms with Crippen molar-refractivity contribution in [1.82, 2.24) is 9.78 Å². The molecule has 0 fully saturated rings. The molecule has 0 spiro atoms. The molecule has 0 amide bonds. The lowest BCUT2D eigenvalue weighted by molar-refractivity contribution is 0.252. The van der Waals surface area contributed by atoms with Crippen molar-refractivity contribution in [2.45, 2.75) is 17.1 Å².